The van der Waals surface area contributed by atoms with E-state index in [9.17, 15) is 0 Å². The summed E-state index contributed by atoms with van der Waals surface area (Å²) in [5.41, 5.74) is 0. The van der Waals surface area contributed by atoms with Gasteiger partial charge in [0, 0.05) is 9.75 Å². The zero-order valence-electron chi connectivity index (χ0n) is 8.00. The maximum atomic E-state index is 2.26. The monoisotopic (exact) mass is 180 g/mol. The quantitative estimate of drug-likeness (QED) is 0.620. The Morgan fingerprint density at radius 3 is 2.75 bits per heavy atom. The van der Waals surface area contributed by atoms with Crippen LogP contribution in [0.4, 0.5) is 0 Å². The summed E-state index contributed by atoms with van der Waals surface area (Å²) in [6.07, 6.45) is 5.57. The van der Waals surface area contributed by atoms with Crippen molar-refractivity contribution in [1.29, 1.82) is 0 Å². The van der Waals surface area contributed by atoms with Crippen molar-refractivity contribution in [3.63, 3.8) is 0 Å². The smallest absolute Gasteiger partial charge is 0.00538 e. The molecule has 0 N–H and O–H groups in total. The van der Waals surface area contributed by atoms with Crippen molar-refractivity contribution in [2.45, 2.75) is 27.2 Å². The van der Waals surface area contributed by atoms with E-state index in [4.69, 9.17) is 0 Å². The van der Waals surface area contributed by atoms with Gasteiger partial charge in [0.1, 0.15) is 0 Å². The van der Waals surface area contributed by atoms with Crippen LogP contribution in [0.3, 0.4) is 0 Å². The van der Waals surface area contributed by atoms with Crippen LogP contribution in [0.5, 0.6) is 0 Å². The molecule has 0 aliphatic carbocycles. The number of hydrogen-bond acceptors (Lipinski definition) is 1. The van der Waals surface area contributed by atoms with Crippen molar-refractivity contribution < 1.29 is 0 Å². The lowest BCUT2D eigenvalue weighted by molar-refractivity contribution is 0.731. The predicted molar refractivity (Wildman–Crippen MR) is 56.7 cm³/mol. The summed E-state index contributed by atoms with van der Waals surface area (Å²) < 4.78 is 0. The highest BCUT2D eigenvalue weighted by Gasteiger charge is 2.00. The van der Waals surface area contributed by atoms with E-state index in [2.05, 4.69) is 45.1 Å². The molecule has 0 aromatic carbocycles. The van der Waals surface area contributed by atoms with Gasteiger partial charge in [0.15, 0.2) is 0 Å². The molecule has 0 fully saturated rings. The minimum Gasteiger partial charge on any atom is -0.146 e. The van der Waals surface area contributed by atoms with Crippen molar-refractivity contribution in [2.24, 2.45) is 5.92 Å². The average molecular weight is 180 g/mol. The van der Waals surface area contributed by atoms with E-state index in [0.717, 1.165) is 0 Å². The van der Waals surface area contributed by atoms with Gasteiger partial charge in [-0.15, -0.1) is 11.3 Å². The van der Waals surface area contributed by atoms with Crippen molar-refractivity contribution >= 4 is 11.3 Å². The molecule has 0 aliphatic rings. The van der Waals surface area contributed by atoms with E-state index in [1.807, 2.05) is 11.3 Å². The van der Waals surface area contributed by atoms with Crippen LogP contribution in [0.25, 0.3) is 0 Å². The van der Waals surface area contributed by atoms with E-state index in [-0.39, 0.29) is 0 Å². The normalized spacial score (nSPS) is 13.9. The van der Waals surface area contributed by atoms with Gasteiger partial charge in [-0.1, -0.05) is 19.1 Å². The summed E-state index contributed by atoms with van der Waals surface area (Å²) in [4.78, 5) is 2.91. The lowest BCUT2D eigenvalue weighted by Gasteiger charge is -2.01. The van der Waals surface area contributed by atoms with Gasteiger partial charge in [-0.2, -0.15) is 0 Å². The van der Waals surface area contributed by atoms with Crippen LogP contribution in [-0.4, -0.2) is 0 Å². The predicted octanol–water partition coefficient (Wildman–Crippen LogP) is 3.81. The standard InChI is InChI=1S/C11H16S/c1-4-5-9(2)8-11-7-6-10(3)12-11/h4-7,9H,8H2,1-3H3/b5-4-. The van der Waals surface area contributed by atoms with Crippen LogP contribution >= 0.6 is 11.3 Å². The van der Waals surface area contributed by atoms with Gasteiger partial charge in [-0.25, -0.2) is 0 Å². The zero-order valence-corrected chi connectivity index (χ0v) is 8.82. The van der Waals surface area contributed by atoms with E-state index < -0.39 is 0 Å². The maximum absolute atomic E-state index is 2.26. The number of allylic oxidation sites excluding steroid dienone is 2. The highest BCUT2D eigenvalue weighted by atomic mass is 32.1. The lowest BCUT2D eigenvalue weighted by atomic mass is 10.1. The molecule has 66 valence electrons. The summed E-state index contributed by atoms with van der Waals surface area (Å²) in [6.45, 7) is 6.50. The van der Waals surface area contributed by atoms with Gasteiger partial charge in [-0.3, -0.25) is 0 Å². The molecule has 1 rings (SSSR count). The molecule has 1 heteroatoms. The molecule has 0 saturated carbocycles. The van der Waals surface area contributed by atoms with Gasteiger partial charge in [0.25, 0.3) is 0 Å². The molecule has 0 aliphatic heterocycles. The SMILES string of the molecule is C/C=C\C(C)Cc1ccc(C)s1. The van der Waals surface area contributed by atoms with Crippen molar-refractivity contribution in [3.05, 3.63) is 34.0 Å². The molecule has 12 heavy (non-hydrogen) atoms. The van der Waals surface area contributed by atoms with Crippen molar-refractivity contribution in [1.82, 2.24) is 0 Å². The highest BCUT2D eigenvalue weighted by Crippen LogP contribution is 2.19. The van der Waals surface area contributed by atoms with Crippen molar-refractivity contribution in [3.8, 4) is 0 Å². The first-order valence-electron chi connectivity index (χ1n) is 4.40. The molecule has 1 unspecified atom stereocenters. The van der Waals surface area contributed by atoms with Gasteiger partial charge in [-0.05, 0) is 38.3 Å². The summed E-state index contributed by atoms with van der Waals surface area (Å²) >= 11 is 1.91. The minimum atomic E-state index is 0.674. The van der Waals surface area contributed by atoms with Crippen LogP contribution in [0.1, 0.15) is 23.6 Å². The number of rotatable bonds is 3. The Kier molecular flexibility index (Phi) is 3.54. The van der Waals surface area contributed by atoms with Gasteiger partial charge < -0.3 is 0 Å². The molecule has 0 saturated heterocycles. The third-order valence-corrected chi connectivity index (χ3v) is 2.86. The Hall–Kier alpha value is -0.560. The fourth-order valence-electron chi connectivity index (χ4n) is 1.31. The largest absolute Gasteiger partial charge is 0.146 e. The van der Waals surface area contributed by atoms with Gasteiger partial charge >= 0.3 is 0 Å². The Morgan fingerprint density at radius 2 is 2.25 bits per heavy atom. The molecule has 1 atom stereocenters. The molecule has 1 heterocycles. The molecule has 0 amide bonds. The average Bonchev–Trinajstić information content (AvgIpc) is 2.36. The number of thiophene rings is 1. The summed E-state index contributed by atoms with van der Waals surface area (Å²) in [6, 6.07) is 4.43. The molecular weight excluding hydrogens is 164 g/mol. The Labute approximate surface area is 78.9 Å². The van der Waals surface area contributed by atoms with Gasteiger partial charge in [0.05, 0.1) is 0 Å². The van der Waals surface area contributed by atoms with Crippen LogP contribution in [0.15, 0.2) is 24.3 Å². The van der Waals surface area contributed by atoms with Crippen LogP contribution < -0.4 is 0 Å². The van der Waals surface area contributed by atoms with Crippen LogP contribution in [0.2, 0.25) is 0 Å². The molecular formula is C11H16S. The zero-order chi connectivity index (χ0) is 8.97. The third-order valence-electron chi connectivity index (χ3n) is 1.84. The Morgan fingerprint density at radius 1 is 1.50 bits per heavy atom. The minimum absolute atomic E-state index is 0.674. The summed E-state index contributed by atoms with van der Waals surface area (Å²) in [5, 5.41) is 0. The van der Waals surface area contributed by atoms with Crippen molar-refractivity contribution in [2.75, 3.05) is 0 Å². The third kappa shape index (κ3) is 2.82. The summed E-state index contributed by atoms with van der Waals surface area (Å²) in [5.74, 6) is 0.674. The molecule has 1 aromatic rings. The highest BCUT2D eigenvalue weighted by molar-refractivity contribution is 7.11. The molecule has 1 aromatic heterocycles. The second-order valence-electron chi connectivity index (χ2n) is 3.22. The Balaban J connectivity index is 2.52. The van der Waals surface area contributed by atoms with Crippen LogP contribution in [-0.2, 0) is 6.42 Å². The number of hydrogen-bond donors (Lipinski definition) is 0. The van der Waals surface area contributed by atoms with E-state index in [1.54, 1.807) is 0 Å². The Bertz CT molecular complexity index is 258. The van der Waals surface area contributed by atoms with Crippen LogP contribution in [0, 0.1) is 12.8 Å². The lowest BCUT2D eigenvalue weighted by Crippen LogP contribution is -1.92. The first kappa shape index (κ1) is 9.53. The molecule has 0 nitrogen and oxygen atoms in total. The van der Waals surface area contributed by atoms with E-state index in [1.165, 1.54) is 16.2 Å². The second kappa shape index (κ2) is 4.46. The topological polar surface area (TPSA) is 0 Å². The van der Waals surface area contributed by atoms with E-state index >= 15 is 0 Å². The fourth-order valence-corrected chi connectivity index (χ4v) is 2.34. The number of aryl methyl sites for hydroxylation is 1. The first-order chi connectivity index (χ1) is 5.72. The molecule has 0 bridgehead atoms. The summed E-state index contributed by atoms with van der Waals surface area (Å²) in [7, 11) is 0. The fraction of sp³-hybridized carbons (Fsp3) is 0.455. The molecule has 0 spiro atoms. The van der Waals surface area contributed by atoms with E-state index in [0.29, 0.717) is 5.92 Å². The first-order valence-corrected chi connectivity index (χ1v) is 5.22. The van der Waals surface area contributed by atoms with Gasteiger partial charge in [0.2, 0.25) is 0 Å². The maximum Gasteiger partial charge on any atom is 0.00538 e. The second-order valence-corrected chi connectivity index (χ2v) is 4.59. The molecule has 0 radical (unpaired) electrons.